The molecule has 1 aliphatic carbocycles. The Bertz CT molecular complexity index is 313. The summed E-state index contributed by atoms with van der Waals surface area (Å²) in [5.41, 5.74) is 0.401. The zero-order chi connectivity index (χ0) is 13.9. The van der Waals surface area contributed by atoms with Gasteiger partial charge in [0, 0.05) is 19.1 Å². The van der Waals surface area contributed by atoms with Crippen LogP contribution in [0.15, 0.2) is 0 Å². The quantitative estimate of drug-likeness (QED) is 0.768. The maximum atomic E-state index is 11.7. The van der Waals surface area contributed by atoms with E-state index in [2.05, 4.69) is 18.9 Å². The predicted molar refractivity (Wildman–Crippen MR) is 76.2 cm³/mol. The number of ether oxygens (including phenoxy) is 1. The Morgan fingerprint density at radius 3 is 2.79 bits per heavy atom. The number of rotatable bonds is 5. The first-order valence-electron chi connectivity index (χ1n) is 7.72. The van der Waals surface area contributed by atoms with E-state index < -0.39 is 0 Å². The lowest BCUT2D eigenvalue weighted by atomic mass is 9.64. The number of carbonyl (C=O) groups is 1. The summed E-state index contributed by atoms with van der Waals surface area (Å²) in [5.74, 6) is 0. The monoisotopic (exact) mass is 268 g/mol. The van der Waals surface area contributed by atoms with Gasteiger partial charge in [-0.25, -0.2) is 4.79 Å². The van der Waals surface area contributed by atoms with Gasteiger partial charge in [-0.3, -0.25) is 0 Å². The molecule has 0 bridgehead atoms. The van der Waals surface area contributed by atoms with E-state index in [4.69, 9.17) is 4.74 Å². The van der Waals surface area contributed by atoms with Crippen LogP contribution < -0.4 is 0 Å². The number of hydrogen-bond acceptors (Lipinski definition) is 3. The standard InChI is InChI=1S/C15H28N2O2/c1-4-6-8-16(3)13-10-15(11-13)7-9-17(12-15)14(18)19-5-2/h13H,4-12H2,1-3H3. The van der Waals surface area contributed by atoms with Gasteiger partial charge in [0.2, 0.25) is 0 Å². The van der Waals surface area contributed by atoms with Crippen molar-refractivity contribution in [2.24, 2.45) is 5.41 Å². The summed E-state index contributed by atoms with van der Waals surface area (Å²) in [6.07, 6.45) is 6.09. The van der Waals surface area contributed by atoms with Gasteiger partial charge in [0.15, 0.2) is 0 Å². The Labute approximate surface area is 117 Å². The average Bonchev–Trinajstić information content (AvgIpc) is 2.79. The molecule has 2 aliphatic rings. The second-order valence-electron chi connectivity index (χ2n) is 6.27. The molecule has 1 spiro atoms. The SMILES string of the molecule is CCCCN(C)C1CC2(CCN(C(=O)OCC)C2)C1. The maximum absolute atomic E-state index is 11.7. The number of likely N-dealkylation sites (tertiary alicyclic amines) is 1. The van der Waals surface area contributed by atoms with E-state index in [1.165, 1.54) is 32.2 Å². The zero-order valence-corrected chi connectivity index (χ0v) is 12.7. The van der Waals surface area contributed by atoms with Crippen molar-refractivity contribution in [3.8, 4) is 0 Å². The van der Waals surface area contributed by atoms with Gasteiger partial charge in [-0.1, -0.05) is 13.3 Å². The molecule has 4 nitrogen and oxygen atoms in total. The Morgan fingerprint density at radius 1 is 1.42 bits per heavy atom. The molecule has 110 valence electrons. The van der Waals surface area contributed by atoms with Gasteiger partial charge in [-0.15, -0.1) is 0 Å². The molecule has 0 radical (unpaired) electrons. The van der Waals surface area contributed by atoms with Crippen LogP contribution in [-0.2, 0) is 4.74 Å². The van der Waals surface area contributed by atoms with Crippen LogP contribution in [0.5, 0.6) is 0 Å². The third-order valence-electron chi connectivity index (χ3n) is 4.79. The molecule has 1 amide bonds. The lowest BCUT2D eigenvalue weighted by Gasteiger charge is -2.49. The smallest absolute Gasteiger partial charge is 0.409 e. The fourth-order valence-electron chi connectivity index (χ4n) is 3.48. The molecule has 1 saturated heterocycles. The summed E-state index contributed by atoms with van der Waals surface area (Å²) < 4.78 is 5.09. The van der Waals surface area contributed by atoms with Crippen molar-refractivity contribution in [1.82, 2.24) is 9.80 Å². The van der Waals surface area contributed by atoms with E-state index >= 15 is 0 Å². The number of amides is 1. The molecule has 1 aliphatic heterocycles. The van der Waals surface area contributed by atoms with Crippen LogP contribution in [0, 0.1) is 5.41 Å². The second-order valence-corrected chi connectivity index (χ2v) is 6.27. The first-order chi connectivity index (χ1) is 9.10. The van der Waals surface area contributed by atoms with E-state index in [1.807, 2.05) is 11.8 Å². The molecule has 2 rings (SSSR count). The van der Waals surface area contributed by atoms with Crippen LogP contribution >= 0.6 is 0 Å². The third kappa shape index (κ3) is 3.22. The van der Waals surface area contributed by atoms with Gasteiger partial charge in [0.1, 0.15) is 0 Å². The van der Waals surface area contributed by atoms with E-state index in [-0.39, 0.29) is 6.09 Å². The van der Waals surface area contributed by atoms with Crippen LogP contribution in [0.25, 0.3) is 0 Å². The Hall–Kier alpha value is -0.770. The summed E-state index contributed by atoms with van der Waals surface area (Å²) in [7, 11) is 2.24. The molecule has 1 saturated carbocycles. The van der Waals surface area contributed by atoms with Crippen molar-refractivity contribution in [2.75, 3.05) is 33.3 Å². The van der Waals surface area contributed by atoms with Gasteiger partial charge in [0.25, 0.3) is 0 Å². The van der Waals surface area contributed by atoms with Gasteiger partial charge >= 0.3 is 6.09 Å². The minimum absolute atomic E-state index is 0.123. The highest BCUT2D eigenvalue weighted by Crippen LogP contribution is 2.49. The minimum atomic E-state index is -0.123. The highest BCUT2D eigenvalue weighted by Gasteiger charge is 2.50. The average molecular weight is 268 g/mol. The Balaban J connectivity index is 1.75. The molecule has 0 unspecified atom stereocenters. The first-order valence-corrected chi connectivity index (χ1v) is 7.72. The summed E-state index contributed by atoms with van der Waals surface area (Å²) in [5, 5.41) is 0. The summed E-state index contributed by atoms with van der Waals surface area (Å²) in [6, 6.07) is 0.730. The number of unbranched alkanes of at least 4 members (excludes halogenated alkanes) is 1. The maximum Gasteiger partial charge on any atom is 0.409 e. The van der Waals surface area contributed by atoms with Crippen molar-refractivity contribution in [1.29, 1.82) is 0 Å². The Kier molecular flexibility index (Phi) is 4.71. The molecule has 0 aromatic heterocycles. The number of carbonyl (C=O) groups excluding carboxylic acids is 1. The summed E-state index contributed by atoms with van der Waals surface area (Å²) in [4.78, 5) is 16.1. The molecule has 4 heteroatoms. The lowest BCUT2D eigenvalue weighted by molar-refractivity contribution is 0.0188. The Morgan fingerprint density at radius 2 is 2.16 bits per heavy atom. The van der Waals surface area contributed by atoms with Gasteiger partial charge in [-0.2, -0.15) is 0 Å². The minimum Gasteiger partial charge on any atom is -0.450 e. The number of nitrogens with zero attached hydrogens (tertiary/aromatic N) is 2. The molecule has 0 atom stereocenters. The van der Waals surface area contributed by atoms with E-state index in [0.29, 0.717) is 12.0 Å². The largest absolute Gasteiger partial charge is 0.450 e. The molecular weight excluding hydrogens is 240 g/mol. The van der Waals surface area contributed by atoms with E-state index in [1.54, 1.807) is 0 Å². The van der Waals surface area contributed by atoms with Crippen LogP contribution in [0.4, 0.5) is 4.79 Å². The molecule has 0 N–H and O–H groups in total. The molecule has 0 aromatic carbocycles. The van der Waals surface area contributed by atoms with E-state index in [9.17, 15) is 4.79 Å². The fourth-order valence-corrected chi connectivity index (χ4v) is 3.48. The van der Waals surface area contributed by atoms with Crippen molar-refractivity contribution in [3.63, 3.8) is 0 Å². The highest BCUT2D eigenvalue weighted by atomic mass is 16.6. The van der Waals surface area contributed by atoms with Crippen molar-refractivity contribution < 1.29 is 9.53 Å². The summed E-state index contributed by atoms with van der Waals surface area (Å²) >= 11 is 0. The van der Waals surface area contributed by atoms with Crippen LogP contribution in [-0.4, -0.2) is 55.2 Å². The topological polar surface area (TPSA) is 32.8 Å². The van der Waals surface area contributed by atoms with Gasteiger partial charge in [0.05, 0.1) is 6.61 Å². The molecule has 1 heterocycles. The lowest BCUT2D eigenvalue weighted by Crippen LogP contribution is -2.51. The molecule has 2 fully saturated rings. The summed E-state index contributed by atoms with van der Waals surface area (Å²) in [6.45, 7) is 7.58. The van der Waals surface area contributed by atoms with Crippen molar-refractivity contribution >= 4 is 6.09 Å². The van der Waals surface area contributed by atoms with Crippen LogP contribution in [0.1, 0.15) is 46.0 Å². The molecule has 0 aromatic rings. The van der Waals surface area contributed by atoms with Gasteiger partial charge in [-0.05, 0) is 51.6 Å². The fraction of sp³-hybridized carbons (Fsp3) is 0.933. The normalized spacial score (nSPS) is 29.9. The first kappa shape index (κ1) is 14.6. The molecular formula is C15H28N2O2. The van der Waals surface area contributed by atoms with Crippen LogP contribution in [0.3, 0.4) is 0 Å². The number of hydrogen-bond donors (Lipinski definition) is 0. The zero-order valence-electron chi connectivity index (χ0n) is 12.7. The van der Waals surface area contributed by atoms with E-state index in [0.717, 1.165) is 25.6 Å². The van der Waals surface area contributed by atoms with Gasteiger partial charge < -0.3 is 14.5 Å². The predicted octanol–water partition coefficient (Wildman–Crippen LogP) is 2.73. The van der Waals surface area contributed by atoms with Crippen molar-refractivity contribution in [3.05, 3.63) is 0 Å². The second kappa shape index (κ2) is 6.12. The molecule has 19 heavy (non-hydrogen) atoms. The van der Waals surface area contributed by atoms with Crippen molar-refractivity contribution in [2.45, 2.75) is 52.0 Å². The van der Waals surface area contributed by atoms with Crippen LogP contribution in [0.2, 0.25) is 0 Å². The highest BCUT2D eigenvalue weighted by molar-refractivity contribution is 5.68. The third-order valence-corrected chi connectivity index (χ3v) is 4.79.